The van der Waals surface area contributed by atoms with Gasteiger partial charge in [-0.25, -0.2) is 9.97 Å². The Balaban J connectivity index is 1.33. The quantitative estimate of drug-likeness (QED) is 0.364. The SMILES string of the molecule is O=C(N[C@@H](CCn1ccnc1)c1ccccc1)c1ccc2oc(Cc3ccccc3)nc2c1. The standard InChI is InChI=1S/C27H24N4O2/c32-27(30-23(21-9-5-2-6-10-21)13-15-31-16-14-28-19-31)22-11-12-25-24(18-22)29-26(33-25)17-20-7-3-1-4-8-20/h1-12,14,16,18-19,23H,13,15,17H2,(H,30,32)/t23-/m0/s1. The maximum absolute atomic E-state index is 13.1. The second-order valence-electron chi connectivity index (χ2n) is 7.98. The summed E-state index contributed by atoms with van der Waals surface area (Å²) < 4.78 is 7.90. The maximum Gasteiger partial charge on any atom is 0.251 e. The Kier molecular flexibility index (Phi) is 5.97. The van der Waals surface area contributed by atoms with Crippen LogP contribution < -0.4 is 5.32 Å². The summed E-state index contributed by atoms with van der Waals surface area (Å²) in [6.07, 6.45) is 6.83. The van der Waals surface area contributed by atoms with E-state index < -0.39 is 0 Å². The molecule has 3 aromatic carbocycles. The van der Waals surface area contributed by atoms with E-state index in [4.69, 9.17) is 4.42 Å². The van der Waals surface area contributed by atoms with E-state index in [0.717, 1.165) is 24.1 Å². The molecule has 2 heterocycles. The number of hydrogen-bond donors (Lipinski definition) is 1. The molecule has 0 saturated heterocycles. The molecule has 0 fully saturated rings. The molecule has 5 aromatic rings. The van der Waals surface area contributed by atoms with Crippen molar-refractivity contribution in [1.29, 1.82) is 0 Å². The Morgan fingerprint density at radius 3 is 2.55 bits per heavy atom. The Morgan fingerprint density at radius 1 is 1.00 bits per heavy atom. The third kappa shape index (κ3) is 5.01. The monoisotopic (exact) mass is 436 g/mol. The second-order valence-corrected chi connectivity index (χ2v) is 7.98. The summed E-state index contributed by atoms with van der Waals surface area (Å²) in [7, 11) is 0. The molecule has 5 rings (SSSR count). The smallest absolute Gasteiger partial charge is 0.251 e. The molecular weight excluding hydrogens is 412 g/mol. The molecule has 0 saturated carbocycles. The maximum atomic E-state index is 13.1. The molecule has 0 aliphatic rings. The summed E-state index contributed by atoms with van der Waals surface area (Å²) in [6.45, 7) is 0.755. The number of nitrogens with one attached hydrogen (secondary N) is 1. The van der Waals surface area contributed by atoms with Crippen LogP contribution in [0.25, 0.3) is 11.1 Å². The highest BCUT2D eigenvalue weighted by atomic mass is 16.3. The molecule has 0 radical (unpaired) electrons. The summed E-state index contributed by atoms with van der Waals surface area (Å²) in [4.78, 5) is 21.8. The number of nitrogens with zero attached hydrogens (tertiary/aromatic N) is 3. The van der Waals surface area contributed by atoms with Crippen LogP contribution >= 0.6 is 0 Å². The zero-order valence-electron chi connectivity index (χ0n) is 18.1. The van der Waals surface area contributed by atoms with Gasteiger partial charge in [0, 0.05) is 30.9 Å². The normalized spacial score (nSPS) is 12.0. The first-order chi connectivity index (χ1) is 16.2. The first kappa shape index (κ1) is 20.7. The van der Waals surface area contributed by atoms with Crippen LogP contribution in [0.5, 0.6) is 0 Å². The average molecular weight is 437 g/mol. The fraction of sp³-hybridized carbons (Fsp3) is 0.148. The lowest BCUT2D eigenvalue weighted by Crippen LogP contribution is -2.29. The predicted molar refractivity (Wildman–Crippen MR) is 127 cm³/mol. The number of carbonyl (C=O) groups excluding carboxylic acids is 1. The molecule has 1 amide bonds. The molecule has 0 aliphatic heterocycles. The summed E-state index contributed by atoms with van der Waals surface area (Å²) in [5, 5.41) is 3.19. The van der Waals surface area contributed by atoms with Gasteiger partial charge in [-0.2, -0.15) is 0 Å². The molecule has 6 heteroatoms. The number of amides is 1. The van der Waals surface area contributed by atoms with Gasteiger partial charge in [-0.3, -0.25) is 4.79 Å². The predicted octanol–water partition coefficient (Wildman–Crippen LogP) is 5.18. The lowest BCUT2D eigenvalue weighted by molar-refractivity contribution is 0.0933. The number of fused-ring (bicyclic) bond motifs is 1. The van der Waals surface area contributed by atoms with Gasteiger partial charge in [0.15, 0.2) is 11.5 Å². The number of benzene rings is 3. The van der Waals surface area contributed by atoms with Crippen molar-refractivity contribution >= 4 is 17.0 Å². The van der Waals surface area contributed by atoms with E-state index in [1.165, 1.54) is 0 Å². The van der Waals surface area contributed by atoms with Crippen molar-refractivity contribution in [2.45, 2.75) is 25.4 Å². The van der Waals surface area contributed by atoms with Gasteiger partial charge < -0.3 is 14.3 Å². The highest BCUT2D eigenvalue weighted by Crippen LogP contribution is 2.22. The lowest BCUT2D eigenvalue weighted by Gasteiger charge is -2.19. The summed E-state index contributed by atoms with van der Waals surface area (Å²) in [6, 6.07) is 25.4. The van der Waals surface area contributed by atoms with Crippen LogP contribution in [0, 0.1) is 0 Å². The summed E-state index contributed by atoms with van der Waals surface area (Å²) in [5.41, 5.74) is 4.12. The third-order valence-corrected chi connectivity index (χ3v) is 5.63. The van der Waals surface area contributed by atoms with Crippen molar-refractivity contribution < 1.29 is 9.21 Å². The van der Waals surface area contributed by atoms with Crippen molar-refractivity contribution in [1.82, 2.24) is 19.9 Å². The minimum atomic E-state index is -0.135. The topological polar surface area (TPSA) is 73.0 Å². The van der Waals surface area contributed by atoms with Gasteiger partial charge in [0.05, 0.1) is 12.4 Å². The van der Waals surface area contributed by atoms with Gasteiger partial charge in [0.1, 0.15) is 5.52 Å². The fourth-order valence-electron chi connectivity index (χ4n) is 3.91. The molecule has 0 bridgehead atoms. The van der Waals surface area contributed by atoms with Crippen LogP contribution in [-0.4, -0.2) is 20.4 Å². The van der Waals surface area contributed by atoms with Crippen LogP contribution in [0.1, 0.15) is 39.8 Å². The molecule has 0 aliphatic carbocycles. The van der Waals surface area contributed by atoms with Crippen LogP contribution in [0.4, 0.5) is 0 Å². The molecule has 33 heavy (non-hydrogen) atoms. The van der Waals surface area contributed by atoms with Gasteiger partial charge in [0.25, 0.3) is 5.91 Å². The van der Waals surface area contributed by atoms with E-state index in [-0.39, 0.29) is 11.9 Å². The van der Waals surface area contributed by atoms with E-state index in [9.17, 15) is 4.79 Å². The van der Waals surface area contributed by atoms with E-state index >= 15 is 0 Å². The molecule has 6 nitrogen and oxygen atoms in total. The summed E-state index contributed by atoms with van der Waals surface area (Å²) in [5.74, 6) is 0.500. The first-order valence-corrected chi connectivity index (χ1v) is 11.0. The fourth-order valence-corrected chi connectivity index (χ4v) is 3.91. The number of imidazole rings is 1. The van der Waals surface area contributed by atoms with E-state index in [1.807, 2.05) is 77.5 Å². The van der Waals surface area contributed by atoms with Crippen LogP contribution in [0.15, 0.2) is 102 Å². The Bertz CT molecular complexity index is 1330. The van der Waals surface area contributed by atoms with Gasteiger partial charge in [0.2, 0.25) is 0 Å². The van der Waals surface area contributed by atoms with Crippen molar-refractivity contribution in [2.75, 3.05) is 0 Å². The molecule has 0 unspecified atom stereocenters. The van der Waals surface area contributed by atoms with E-state index in [2.05, 4.69) is 15.3 Å². The van der Waals surface area contributed by atoms with Gasteiger partial charge in [-0.05, 0) is 35.7 Å². The van der Waals surface area contributed by atoms with Crippen LogP contribution in [0.3, 0.4) is 0 Å². The Morgan fingerprint density at radius 2 is 1.79 bits per heavy atom. The Labute approximate surface area is 191 Å². The minimum absolute atomic E-state index is 0.122. The molecule has 1 N–H and O–H groups in total. The largest absolute Gasteiger partial charge is 0.440 e. The van der Waals surface area contributed by atoms with Gasteiger partial charge in [-0.1, -0.05) is 60.7 Å². The highest BCUT2D eigenvalue weighted by Gasteiger charge is 2.17. The molecule has 164 valence electrons. The number of carbonyl (C=O) groups is 1. The summed E-state index contributed by atoms with van der Waals surface area (Å²) >= 11 is 0. The van der Waals surface area contributed by atoms with E-state index in [0.29, 0.717) is 29.0 Å². The first-order valence-electron chi connectivity index (χ1n) is 11.0. The van der Waals surface area contributed by atoms with Crippen molar-refractivity contribution in [3.05, 3.63) is 120 Å². The molecule has 2 aromatic heterocycles. The third-order valence-electron chi connectivity index (χ3n) is 5.63. The highest BCUT2D eigenvalue weighted by molar-refractivity contribution is 5.97. The zero-order chi connectivity index (χ0) is 22.5. The Hall–Kier alpha value is -4.19. The van der Waals surface area contributed by atoms with Crippen molar-refractivity contribution in [3.63, 3.8) is 0 Å². The number of aromatic nitrogens is 3. The van der Waals surface area contributed by atoms with Crippen molar-refractivity contribution in [3.8, 4) is 0 Å². The van der Waals surface area contributed by atoms with E-state index in [1.54, 1.807) is 24.7 Å². The minimum Gasteiger partial charge on any atom is -0.440 e. The number of oxazole rings is 1. The lowest BCUT2D eigenvalue weighted by atomic mass is 10.0. The average Bonchev–Trinajstić information content (AvgIpc) is 3.51. The van der Waals surface area contributed by atoms with Crippen molar-refractivity contribution in [2.24, 2.45) is 0 Å². The van der Waals surface area contributed by atoms with Gasteiger partial charge >= 0.3 is 0 Å². The van der Waals surface area contributed by atoms with Crippen LogP contribution in [0.2, 0.25) is 0 Å². The number of rotatable bonds is 8. The molecule has 0 spiro atoms. The molecule has 1 atom stereocenters. The van der Waals surface area contributed by atoms with Crippen LogP contribution in [-0.2, 0) is 13.0 Å². The number of aryl methyl sites for hydroxylation is 1. The van der Waals surface area contributed by atoms with Gasteiger partial charge in [-0.15, -0.1) is 0 Å². The second kappa shape index (κ2) is 9.53. The molecular formula is C27H24N4O2. The zero-order valence-corrected chi connectivity index (χ0v) is 18.1. The number of hydrogen-bond acceptors (Lipinski definition) is 4.